The Morgan fingerprint density at radius 1 is 1.33 bits per heavy atom. The van der Waals surface area contributed by atoms with Crippen molar-refractivity contribution in [3.63, 3.8) is 0 Å². The van der Waals surface area contributed by atoms with Crippen LogP contribution in [0.2, 0.25) is 0 Å². The number of para-hydroxylation sites is 1. The first-order valence-electron chi connectivity index (χ1n) is 6.93. The second kappa shape index (κ2) is 5.78. The molecule has 0 radical (unpaired) electrons. The van der Waals surface area contributed by atoms with E-state index in [1.54, 1.807) is 12.3 Å². The monoisotopic (exact) mass is 283 g/mol. The van der Waals surface area contributed by atoms with Crippen LogP contribution < -0.4 is 10.9 Å². The molecule has 21 heavy (non-hydrogen) atoms. The fourth-order valence-electron chi connectivity index (χ4n) is 2.23. The molecule has 108 valence electrons. The first-order chi connectivity index (χ1) is 10.2. The van der Waals surface area contributed by atoms with Gasteiger partial charge in [-0.25, -0.2) is 4.98 Å². The smallest absolute Gasteiger partial charge is 0.260 e. The van der Waals surface area contributed by atoms with E-state index in [1.807, 2.05) is 35.1 Å². The molecular formula is C15H17N5O. The van der Waals surface area contributed by atoms with Crippen LogP contribution in [0.15, 0.2) is 47.5 Å². The summed E-state index contributed by atoms with van der Waals surface area (Å²) < 4.78 is 1.89. The number of rotatable bonds is 5. The van der Waals surface area contributed by atoms with Gasteiger partial charge in [0, 0.05) is 25.5 Å². The number of aromatic amines is 1. The predicted octanol–water partition coefficient (Wildman–Crippen LogP) is 1.87. The third-order valence-electron chi connectivity index (χ3n) is 3.29. The lowest BCUT2D eigenvalue weighted by Crippen LogP contribution is -2.20. The van der Waals surface area contributed by atoms with Gasteiger partial charge in [0.15, 0.2) is 0 Å². The molecule has 0 bridgehead atoms. The van der Waals surface area contributed by atoms with E-state index in [4.69, 9.17) is 0 Å². The Kier molecular flexibility index (Phi) is 3.68. The molecule has 2 aromatic heterocycles. The molecule has 0 unspecified atom stereocenters. The molecule has 3 aromatic rings. The van der Waals surface area contributed by atoms with Crippen LogP contribution in [0.25, 0.3) is 10.9 Å². The van der Waals surface area contributed by atoms with Crippen LogP contribution in [0.1, 0.15) is 6.92 Å². The molecule has 6 nitrogen and oxygen atoms in total. The van der Waals surface area contributed by atoms with Crippen molar-refractivity contribution in [2.45, 2.75) is 13.5 Å². The van der Waals surface area contributed by atoms with Crippen LogP contribution >= 0.6 is 0 Å². The molecule has 0 spiro atoms. The van der Waals surface area contributed by atoms with E-state index in [-0.39, 0.29) is 5.56 Å². The van der Waals surface area contributed by atoms with Crippen LogP contribution in [0.4, 0.5) is 5.95 Å². The van der Waals surface area contributed by atoms with Crippen LogP contribution in [-0.4, -0.2) is 26.3 Å². The number of anilines is 1. The van der Waals surface area contributed by atoms with Gasteiger partial charge in [0.2, 0.25) is 5.95 Å². The number of hydrogen-bond acceptors (Lipinski definition) is 4. The Hall–Kier alpha value is -2.63. The van der Waals surface area contributed by atoms with Crippen molar-refractivity contribution >= 4 is 16.9 Å². The van der Waals surface area contributed by atoms with Gasteiger partial charge in [0.25, 0.3) is 5.56 Å². The number of benzene rings is 1. The Bertz CT molecular complexity index is 778. The minimum absolute atomic E-state index is 0.122. The average molecular weight is 283 g/mol. The zero-order valence-corrected chi connectivity index (χ0v) is 11.8. The quantitative estimate of drug-likeness (QED) is 0.749. The van der Waals surface area contributed by atoms with Gasteiger partial charge in [-0.1, -0.05) is 19.1 Å². The van der Waals surface area contributed by atoms with Gasteiger partial charge >= 0.3 is 0 Å². The van der Waals surface area contributed by atoms with Gasteiger partial charge < -0.3 is 5.32 Å². The van der Waals surface area contributed by atoms with E-state index in [1.165, 1.54) is 0 Å². The average Bonchev–Trinajstić information content (AvgIpc) is 2.98. The summed E-state index contributed by atoms with van der Waals surface area (Å²) in [6.07, 6.45) is 3.70. The summed E-state index contributed by atoms with van der Waals surface area (Å²) in [5.74, 6) is 0.868. The standard InChI is InChI=1S/C15H17N5O/c1-11(10-20-8-4-7-17-20)9-16-15-18-13-6-3-2-5-12(13)14(21)19-15/h2-8,11H,9-10H2,1H3,(H2,16,18,19,21)/t11-/m1/s1. The highest BCUT2D eigenvalue weighted by Crippen LogP contribution is 2.08. The molecule has 0 aliphatic carbocycles. The Labute approximate surface area is 121 Å². The highest BCUT2D eigenvalue weighted by molar-refractivity contribution is 5.78. The number of nitrogens with zero attached hydrogens (tertiary/aromatic N) is 3. The normalized spacial score (nSPS) is 12.4. The van der Waals surface area contributed by atoms with Crippen molar-refractivity contribution in [1.29, 1.82) is 0 Å². The molecule has 6 heteroatoms. The second-order valence-corrected chi connectivity index (χ2v) is 5.15. The number of hydrogen-bond donors (Lipinski definition) is 2. The lowest BCUT2D eigenvalue weighted by Gasteiger charge is -2.13. The largest absolute Gasteiger partial charge is 0.355 e. The second-order valence-electron chi connectivity index (χ2n) is 5.15. The minimum atomic E-state index is -0.122. The SMILES string of the molecule is C[C@H](CNc1nc2ccccc2c(=O)[nH]1)Cn1cccn1. The van der Waals surface area contributed by atoms with Crippen molar-refractivity contribution in [2.24, 2.45) is 5.92 Å². The molecule has 0 aliphatic heterocycles. The van der Waals surface area contributed by atoms with Crippen molar-refractivity contribution in [1.82, 2.24) is 19.7 Å². The molecule has 0 amide bonds. The number of nitrogens with one attached hydrogen (secondary N) is 2. The third kappa shape index (κ3) is 3.10. The van der Waals surface area contributed by atoms with E-state index >= 15 is 0 Å². The van der Waals surface area contributed by atoms with E-state index in [0.717, 1.165) is 6.54 Å². The summed E-state index contributed by atoms with van der Waals surface area (Å²) in [5.41, 5.74) is 0.575. The fraction of sp³-hybridized carbons (Fsp3) is 0.267. The zero-order chi connectivity index (χ0) is 14.7. The summed E-state index contributed by atoms with van der Waals surface area (Å²) in [4.78, 5) is 19.1. The fourth-order valence-corrected chi connectivity index (χ4v) is 2.23. The summed E-state index contributed by atoms with van der Waals surface area (Å²) >= 11 is 0. The lowest BCUT2D eigenvalue weighted by molar-refractivity contribution is 0.467. The first kappa shape index (κ1) is 13.4. The molecule has 2 heterocycles. The predicted molar refractivity (Wildman–Crippen MR) is 82.2 cm³/mol. The Morgan fingerprint density at radius 3 is 3.00 bits per heavy atom. The number of H-pyrrole nitrogens is 1. The van der Waals surface area contributed by atoms with Crippen LogP contribution in [-0.2, 0) is 6.54 Å². The molecule has 1 atom stereocenters. The van der Waals surface area contributed by atoms with Crippen molar-refractivity contribution < 1.29 is 0 Å². The molecule has 0 fully saturated rings. The zero-order valence-electron chi connectivity index (χ0n) is 11.8. The van der Waals surface area contributed by atoms with Gasteiger partial charge in [-0.15, -0.1) is 0 Å². The van der Waals surface area contributed by atoms with E-state index in [2.05, 4.69) is 27.3 Å². The maximum Gasteiger partial charge on any atom is 0.260 e. The summed E-state index contributed by atoms with van der Waals surface area (Å²) in [6.45, 7) is 3.65. The van der Waals surface area contributed by atoms with Crippen molar-refractivity contribution in [2.75, 3.05) is 11.9 Å². The molecule has 3 rings (SSSR count). The van der Waals surface area contributed by atoms with E-state index < -0.39 is 0 Å². The first-order valence-corrected chi connectivity index (χ1v) is 6.93. The molecule has 0 saturated carbocycles. The van der Waals surface area contributed by atoms with Gasteiger partial charge in [0.05, 0.1) is 10.9 Å². The van der Waals surface area contributed by atoms with Crippen LogP contribution in [0.5, 0.6) is 0 Å². The maximum atomic E-state index is 12.0. The lowest BCUT2D eigenvalue weighted by atomic mass is 10.2. The Balaban J connectivity index is 1.69. The van der Waals surface area contributed by atoms with E-state index in [9.17, 15) is 4.79 Å². The van der Waals surface area contributed by atoms with Gasteiger partial charge in [0.1, 0.15) is 0 Å². The topological polar surface area (TPSA) is 75.6 Å². The molecule has 0 saturated heterocycles. The van der Waals surface area contributed by atoms with Crippen molar-refractivity contribution in [3.05, 3.63) is 53.1 Å². The maximum absolute atomic E-state index is 12.0. The van der Waals surface area contributed by atoms with Crippen molar-refractivity contribution in [3.8, 4) is 0 Å². The van der Waals surface area contributed by atoms with Gasteiger partial charge in [-0.05, 0) is 24.1 Å². The van der Waals surface area contributed by atoms with Crippen LogP contribution in [0, 0.1) is 5.92 Å². The summed E-state index contributed by atoms with van der Waals surface area (Å²) in [6, 6.07) is 9.22. The summed E-state index contributed by atoms with van der Waals surface area (Å²) in [5, 5.41) is 7.97. The molecular weight excluding hydrogens is 266 g/mol. The van der Waals surface area contributed by atoms with Gasteiger partial charge in [-0.2, -0.15) is 5.10 Å². The molecule has 0 aliphatic rings. The highest BCUT2D eigenvalue weighted by Gasteiger charge is 2.06. The summed E-state index contributed by atoms with van der Waals surface area (Å²) in [7, 11) is 0. The van der Waals surface area contributed by atoms with E-state index in [0.29, 0.717) is 29.3 Å². The molecule has 1 aromatic carbocycles. The highest BCUT2D eigenvalue weighted by atomic mass is 16.1. The third-order valence-corrected chi connectivity index (χ3v) is 3.29. The van der Waals surface area contributed by atoms with Gasteiger partial charge in [-0.3, -0.25) is 14.5 Å². The minimum Gasteiger partial charge on any atom is -0.355 e. The Morgan fingerprint density at radius 2 is 2.19 bits per heavy atom. The van der Waals surface area contributed by atoms with Crippen LogP contribution in [0.3, 0.4) is 0 Å². The number of fused-ring (bicyclic) bond motifs is 1. The number of aromatic nitrogens is 4. The molecule has 2 N–H and O–H groups in total.